The lowest BCUT2D eigenvalue weighted by atomic mass is 9.33. The minimum atomic E-state index is -1.36. The van der Waals surface area contributed by atoms with Crippen LogP contribution < -0.4 is 0 Å². The Morgan fingerprint density at radius 2 is 1.63 bits per heavy atom. The van der Waals surface area contributed by atoms with Crippen molar-refractivity contribution < 1.29 is 39.8 Å². The van der Waals surface area contributed by atoms with Gasteiger partial charge in [-0.25, -0.2) is 0 Å². The first-order chi connectivity index (χ1) is 20.0. The Morgan fingerprint density at radius 3 is 2.30 bits per heavy atom. The summed E-state index contributed by atoms with van der Waals surface area (Å²) in [7, 11) is 0. The molecule has 43 heavy (non-hydrogen) atoms. The van der Waals surface area contributed by atoms with Crippen LogP contribution in [0.3, 0.4) is 0 Å². The van der Waals surface area contributed by atoms with E-state index in [0.717, 1.165) is 57.8 Å². The van der Waals surface area contributed by atoms with Crippen LogP contribution in [0.5, 0.6) is 0 Å². The monoisotopic (exact) mass is 604 g/mol. The largest absolute Gasteiger partial charge is 0.481 e. The maximum atomic E-state index is 12.9. The van der Waals surface area contributed by atoms with Crippen LogP contribution in [0.15, 0.2) is 11.6 Å². The molecule has 1 heterocycles. The lowest BCUT2D eigenvalue weighted by Gasteiger charge is -2.71. The van der Waals surface area contributed by atoms with E-state index in [1.807, 2.05) is 0 Å². The number of aliphatic hydroxyl groups is 4. The molecule has 0 bridgehead atoms. The van der Waals surface area contributed by atoms with Gasteiger partial charge in [0.1, 0.15) is 18.3 Å². The highest BCUT2D eigenvalue weighted by Gasteiger charge is 2.70. The predicted molar refractivity (Wildman–Crippen MR) is 161 cm³/mol. The number of ether oxygens (including phenoxy) is 2. The highest BCUT2D eigenvalue weighted by Crippen LogP contribution is 2.76. The average Bonchev–Trinajstić information content (AvgIpc) is 2.94. The molecule has 8 heteroatoms. The second-order valence-electron chi connectivity index (χ2n) is 17.3. The Hall–Kier alpha value is -1.03. The van der Waals surface area contributed by atoms with Crippen molar-refractivity contribution in [3.8, 4) is 0 Å². The molecule has 0 aromatic heterocycles. The first-order valence-electron chi connectivity index (χ1n) is 16.9. The normalized spacial score (nSPS) is 54.3. The summed E-state index contributed by atoms with van der Waals surface area (Å²) in [5.74, 6) is 0.0529. The topological polar surface area (TPSA) is 137 Å². The summed E-state index contributed by atoms with van der Waals surface area (Å²) >= 11 is 0. The zero-order valence-corrected chi connectivity index (χ0v) is 27.1. The van der Waals surface area contributed by atoms with Crippen molar-refractivity contribution in [3.05, 3.63) is 11.6 Å². The highest BCUT2D eigenvalue weighted by atomic mass is 16.7. The van der Waals surface area contributed by atoms with Crippen LogP contribution in [-0.2, 0) is 14.3 Å². The van der Waals surface area contributed by atoms with Crippen LogP contribution in [0.4, 0.5) is 0 Å². The molecule has 5 N–H and O–H groups in total. The van der Waals surface area contributed by atoms with Crippen molar-refractivity contribution in [2.75, 3.05) is 13.2 Å². The minimum absolute atomic E-state index is 0.0154. The van der Waals surface area contributed by atoms with Crippen LogP contribution in [0.1, 0.15) is 106 Å². The molecule has 0 spiro atoms. The molecule has 5 fully saturated rings. The molecule has 6 rings (SSSR count). The van der Waals surface area contributed by atoms with Gasteiger partial charge in [-0.2, -0.15) is 0 Å². The Kier molecular flexibility index (Phi) is 7.60. The van der Waals surface area contributed by atoms with E-state index >= 15 is 0 Å². The van der Waals surface area contributed by atoms with Gasteiger partial charge in [0.2, 0.25) is 0 Å². The molecule has 8 nitrogen and oxygen atoms in total. The lowest BCUT2D eigenvalue weighted by Crippen LogP contribution is -2.66. The van der Waals surface area contributed by atoms with Crippen molar-refractivity contribution in [1.29, 1.82) is 0 Å². The van der Waals surface area contributed by atoms with Gasteiger partial charge in [-0.1, -0.05) is 53.2 Å². The van der Waals surface area contributed by atoms with Gasteiger partial charge >= 0.3 is 5.97 Å². The fourth-order valence-electron chi connectivity index (χ4n) is 11.9. The maximum absolute atomic E-state index is 12.9. The third-order valence-electron chi connectivity index (χ3n) is 14.9. The maximum Gasteiger partial charge on any atom is 0.310 e. The second-order valence-corrected chi connectivity index (χ2v) is 17.3. The molecule has 6 aliphatic rings. The van der Waals surface area contributed by atoms with Gasteiger partial charge in [0.05, 0.1) is 24.7 Å². The number of hydrogen-bond acceptors (Lipinski definition) is 7. The Bertz CT molecular complexity index is 1150. The molecule has 0 aromatic carbocycles. The van der Waals surface area contributed by atoms with E-state index in [1.165, 1.54) is 5.57 Å². The van der Waals surface area contributed by atoms with Gasteiger partial charge < -0.3 is 35.0 Å². The fourth-order valence-corrected chi connectivity index (χ4v) is 11.9. The molecular formula is C35H56O8. The molecule has 0 amide bonds. The van der Waals surface area contributed by atoms with Crippen molar-refractivity contribution in [1.82, 2.24) is 0 Å². The van der Waals surface area contributed by atoms with Crippen molar-refractivity contribution in [2.45, 2.75) is 136 Å². The molecule has 244 valence electrons. The SMILES string of the molecule is CC1(C)CC[C@]2(C(=O)O)CC[C@]3(C)C(=CC[C@@H]4[C@@]5(C)CC[C@H](O[C@@H]6OC[C@H](O)[C@H](O)[C@H]6O)[C@](C)(CO)[C@@H]5CC[C@]43C)[C@@H]2C1. The molecular weight excluding hydrogens is 548 g/mol. The summed E-state index contributed by atoms with van der Waals surface area (Å²) in [5, 5.41) is 52.3. The molecule has 0 unspecified atom stereocenters. The van der Waals surface area contributed by atoms with Gasteiger partial charge in [0.15, 0.2) is 6.29 Å². The Balaban J connectivity index is 1.32. The summed E-state index contributed by atoms with van der Waals surface area (Å²) in [5.41, 5.74) is 0.232. The van der Waals surface area contributed by atoms with E-state index in [4.69, 9.17) is 9.47 Å². The van der Waals surface area contributed by atoms with Crippen LogP contribution in [0.2, 0.25) is 0 Å². The molecule has 0 aromatic rings. The number of hydrogen-bond donors (Lipinski definition) is 5. The quantitative estimate of drug-likeness (QED) is 0.231. The van der Waals surface area contributed by atoms with Crippen molar-refractivity contribution >= 4 is 5.97 Å². The zero-order chi connectivity index (χ0) is 31.4. The summed E-state index contributed by atoms with van der Waals surface area (Å²) in [4.78, 5) is 12.9. The molecule has 0 radical (unpaired) electrons. The van der Waals surface area contributed by atoms with E-state index in [9.17, 15) is 30.3 Å². The first kappa shape index (κ1) is 31.9. The second kappa shape index (κ2) is 10.2. The fraction of sp³-hybridized carbons (Fsp3) is 0.914. The van der Waals surface area contributed by atoms with Crippen LogP contribution >= 0.6 is 0 Å². The van der Waals surface area contributed by atoms with Gasteiger partial charge in [0.25, 0.3) is 0 Å². The Labute approximate surface area is 257 Å². The smallest absolute Gasteiger partial charge is 0.310 e. The number of carboxylic acids is 1. The summed E-state index contributed by atoms with van der Waals surface area (Å²) < 4.78 is 12.0. The minimum Gasteiger partial charge on any atom is -0.481 e. The molecule has 5 aliphatic carbocycles. The van der Waals surface area contributed by atoms with Gasteiger partial charge in [-0.15, -0.1) is 0 Å². The van der Waals surface area contributed by atoms with Gasteiger partial charge in [-0.05, 0) is 104 Å². The highest BCUT2D eigenvalue weighted by molar-refractivity contribution is 5.76. The third-order valence-corrected chi connectivity index (χ3v) is 14.9. The standard InChI is InChI=1S/C35H56O8/c1-30(2)13-15-35(29(40)41)16-14-33(5)20(21(35)17-30)7-8-24-31(3)11-10-25(43-28-27(39)26(38)22(37)18-42-28)32(4,19-36)23(31)9-12-34(24,33)6/h7,21-28,36-39H,8-19H2,1-6H3,(H,40,41)/t21-,22-,23+,24+,25-,26-,27+,28-,31-,32+,33+,34+,35-/m0/s1. The predicted octanol–water partition coefficient (Wildman–Crippen LogP) is 4.67. The molecule has 4 saturated carbocycles. The van der Waals surface area contributed by atoms with E-state index < -0.39 is 41.4 Å². The number of aliphatic carboxylic acids is 1. The van der Waals surface area contributed by atoms with E-state index in [2.05, 4.69) is 47.6 Å². The van der Waals surface area contributed by atoms with E-state index in [0.29, 0.717) is 12.3 Å². The number of allylic oxidation sites excluding steroid dienone is 2. The van der Waals surface area contributed by atoms with Gasteiger partial charge in [0, 0.05) is 5.41 Å². The molecule has 1 aliphatic heterocycles. The third kappa shape index (κ3) is 4.32. The number of carboxylic acid groups (broad SMARTS) is 1. The van der Waals surface area contributed by atoms with Gasteiger partial charge in [-0.3, -0.25) is 4.79 Å². The van der Waals surface area contributed by atoms with Crippen LogP contribution in [0.25, 0.3) is 0 Å². The Morgan fingerprint density at radius 1 is 0.930 bits per heavy atom. The van der Waals surface area contributed by atoms with E-state index in [-0.39, 0.29) is 52.8 Å². The summed E-state index contributed by atoms with van der Waals surface area (Å²) in [6, 6.07) is 0. The van der Waals surface area contributed by atoms with Crippen LogP contribution in [-0.4, -0.2) is 75.4 Å². The van der Waals surface area contributed by atoms with Crippen LogP contribution in [0, 0.1) is 50.2 Å². The van der Waals surface area contributed by atoms with Crippen molar-refractivity contribution in [3.63, 3.8) is 0 Å². The number of fused-ring (bicyclic) bond motifs is 7. The first-order valence-corrected chi connectivity index (χ1v) is 16.9. The van der Waals surface area contributed by atoms with E-state index in [1.54, 1.807) is 0 Å². The number of rotatable bonds is 4. The number of aliphatic hydroxyl groups excluding tert-OH is 4. The number of carbonyl (C=O) groups is 1. The summed E-state index contributed by atoms with van der Waals surface area (Å²) in [6.07, 6.45) is 6.03. The summed E-state index contributed by atoms with van der Waals surface area (Å²) in [6.45, 7) is 13.9. The van der Waals surface area contributed by atoms with Crippen molar-refractivity contribution in [2.24, 2.45) is 50.2 Å². The lowest BCUT2D eigenvalue weighted by molar-refractivity contribution is -0.312. The zero-order valence-electron chi connectivity index (χ0n) is 27.1. The molecule has 1 saturated heterocycles. The molecule has 13 atom stereocenters. The average molecular weight is 605 g/mol.